The van der Waals surface area contributed by atoms with Gasteiger partial charge in [0.05, 0.1) is 16.9 Å². The average Bonchev–Trinajstić information content (AvgIpc) is 3.09. The normalized spacial score (nSPS) is 18.1. The Labute approximate surface area is 298 Å². The summed E-state index contributed by atoms with van der Waals surface area (Å²) in [6.45, 7) is 8.63. The minimum absolute atomic E-state index is 0.00888. The van der Waals surface area contributed by atoms with E-state index in [9.17, 15) is 33.4 Å². The van der Waals surface area contributed by atoms with Crippen molar-refractivity contribution in [2.75, 3.05) is 42.9 Å². The number of carboxylic acids is 1. The van der Waals surface area contributed by atoms with E-state index in [1.54, 1.807) is 6.08 Å². The monoisotopic (exact) mass is 718 g/mol. The fraction of sp³-hybridized carbons (Fsp3) is 0.342. The van der Waals surface area contributed by atoms with Crippen LogP contribution in [0.25, 0.3) is 16.6 Å². The molecular formula is C38H41F3N6O5. The molecule has 2 atom stereocenters. The topological polar surface area (TPSA) is 130 Å². The number of rotatable bonds is 11. The second-order valence-corrected chi connectivity index (χ2v) is 13.2. The predicted octanol–water partition coefficient (Wildman–Crippen LogP) is 5.56. The summed E-state index contributed by atoms with van der Waals surface area (Å²) in [5.41, 5.74) is 1.65. The van der Waals surface area contributed by atoms with E-state index in [1.165, 1.54) is 22.1 Å². The molecule has 3 aromatic carbocycles. The fourth-order valence-electron chi connectivity index (χ4n) is 6.93. The van der Waals surface area contributed by atoms with Crippen molar-refractivity contribution in [3.8, 4) is 5.69 Å². The van der Waals surface area contributed by atoms with Crippen LogP contribution in [0.2, 0.25) is 0 Å². The molecule has 1 saturated heterocycles. The number of piperazine rings is 1. The number of benzene rings is 3. The van der Waals surface area contributed by atoms with Gasteiger partial charge in [-0.2, -0.15) is 0 Å². The number of nitrogens with one attached hydrogen (secondary N) is 2. The highest BCUT2D eigenvalue weighted by atomic mass is 19.1. The maximum absolute atomic E-state index is 15.6. The third-order valence-electron chi connectivity index (χ3n) is 9.82. The molecule has 0 saturated carbocycles. The van der Waals surface area contributed by atoms with Gasteiger partial charge in [-0.25, -0.2) is 22.8 Å². The van der Waals surface area contributed by atoms with Gasteiger partial charge in [-0.3, -0.25) is 19.9 Å². The van der Waals surface area contributed by atoms with Crippen molar-refractivity contribution in [2.24, 2.45) is 0 Å². The van der Waals surface area contributed by atoms with Crippen LogP contribution in [-0.2, 0) is 6.42 Å². The van der Waals surface area contributed by atoms with Gasteiger partial charge in [0.15, 0.2) is 6.23 Å². The van der Waals surface area contributed by atoms with Crippen molar-refractivity contribution >= 4 is 34.3 Å². The first-order valence-electron chi connectivity index (χ1n) is 17.2. The second-order valence-electron chi connectivity index (χ2n) is 13.2. The Morgan fingerprint density at radius 3 is 2.42 bits per heavy atom. The largest absolute Gasteiger partial charge is 0.477 e. The summed E-state index contributed by atoms with van der Waals surface area (Å²) in [4.78, 5) is 43.2. The van der Waals surface area contributed by atoms with Crippen molar-refractivity contribution in [1.29, 1.82) is 0 Å². The Balaban J connectivity index is 1.09. The zero-order valence-electron chi connectivity index (χ0n) is 29.1. The number of aliphatic hydroxyl groups excluding tert-OH is 1. The second kappa shape index (κ2) is 15.1. The minimum Gasteiger partial charge on any atom is -0.477 e. The first-order valence-corrected chi connectivity index (χ1v) is 17.2. The molecule has 274 valence electrons. The molecule has 2 aliphatic heterocycles. The number of carbonyl (C=O) groups excluding carboxylic acids is 1. The SMILES string of the molecule is CCc1cc(NC2=CC(O)N(CCCCN3CCN(c4cc5c(cc4F)c(=O)c(C(=O)O)cn5-c4ccc(F)cc4F)C[C@H]3C)C(=O)N2)ccc1C. The van der Waals surface area contributed by atoms with E-state index in [1.807, 2.05) is 36.9 Å². The number of nitrogens with zero attached hydrogens (tertiary/aromatic N) is 4. The third kappa shape index (κ3) is 7.48. The lowest BCUT2D eigenvalue weighted by Gasteiger charge is -2.41. The molecule has 4 aromatic rings. The number of urea groups is 1. The molecule has 2 aliphatic rings. The lowest BCUT2D eigenvalue weighted by atomic mass is 10.1. The molecule has 0 radical (unpaired) electrons. The number of aromatic carboxylic acids is 1. The van der Waals surface area contributed by atoms with Gasteiger partial charge in [0.25, 0.3) is 0 Å². The maximum atomic E-state index is 15.6. The molecule has 0 bridgehead atoms. The molecule has 2 amide bonds. The number of aryl methyl sites for hydroxylation is 2. The van der Waals surface area contributed by atoms with Crippen molar-refractivity contribution in [3.63, 3.8) is 0 Å². The Bertz CT molecular complexity index is 2120. The first-order chi connectivity index (χ1) is 24.8. The number of hydrogen-bond acceptors (Lipinski definition) is 7. The number of unbranched alkanes of at least 4 members (excludes halogenated alkanes) is 1. The Morgan fingerprint density at radius 2 is 1.73 bits per heavy atom. The number of hydrogen-bond donors (Lipinski definition) is 4. The van der Waals surface area contributed by atoms with Crippen LogP contribution in [0.4, 0.5) is 29.3 Å². The summed E-state index contributed by atoms with van der Waals surface area (Å²) in [5, 5.41) is 26.1. The molecule has 0 aliphatic carbocycles. The zero-order chi connectivity index (χ0) is 37.3. The number of carbonyl (C=O) groups is 2. The van der Waals surface area contributed by atoms with E-state index >= 15 is 4.39 Å². The summed E-state index contributed by atoms with van der Waals surface area (Å²) in [6, 6.07) is 10.7. The fourth-order valence-corrected chi connectivity index (χ4v) is 6.93. The molecule has 3 heterocycles. The van der Waals surface area contributed by atoms with E-state index in [0.717, 1.165) is 47.5 Å². The van der Waals surface area contributed by atoms with Gasteiger partial charge >= 0.3 is 12.0 Å². The van der Waals surface area contributed by atoms with Gasteiger partial charge < -0.3 is 25.0 Å². The van der Waals surface area contributed by atoms with Crippen molar-refractivity contribution in [2.45, 2.75) is 52.3 Å². The highest BCUT2D eigenvalue weighted by Gasteiger charge is 2.29. The lowest BCUT2D eigenvalue weighted by molar-refractivity contribution is 0.0593. The van der Waals surface area contributed by atoms with Gasteiger partial charge in [-0.1, -0.05) is 13.0 Å². The summed E-state index contributed by atoms with van der Waals surface area (Å²) < 4.78 is 45.4. The van der Waals surface area contributed by atoms with Crippen LogP contribution in [0.3, 0.4) is 0 Å². The minimum atomic E-state index is -1.56. The van der Waals surface area contributed by atoms with Crippen LogP contribution in [0, 0.1) is 24.4 Å². The summed E-state index contributed by atoms with van der Waals surface area (Å²) in [7, 11) is 0. The number of halogens is 3. The number of carboxylic acid groups (broad SMARTS) is 1. The molecule has 1 aromatic heterocycles. The Hall–Kier alpha value is -5.34. The zero-order valence-corrected chi connectivity index (χ0v) is 29.1. The molecular weight excluding hydrogens is 677 g/mol. The number of aliphatic hydroxyl groups is 1. The molecule has 14 heteroatoms. The van der Waals surface area contributed by atoms with Gasteiger partial charge in [-0.15, -0.1) is 0 Å². The highest BCUT2D eigenvalue weighted by Crippen LogP contribution is 2.30. The number of amides is 2. The number of pyridine rings is 1. The van der Waals surface area contributed by atoms with Crippen LogP contribution in [-0.4, -0.2) is 81.6 Å². The van der Waals surface area contributed by atoms with E-state index < -0.39 is 46.7 Å². The van der Waals surface area contributed by atoms with Crippen molar-refractivity contribution < 1.29 is 33.0 Å². The van der Waals surface area contributed by atoms with Crippen LogP contribution >= 0.6 is 0 Å². The van der Waals surface area contributed by atoms with Crippen molar-refractivity contribution in [1.82, 2.24) is 19.7 Å². The van der Waals surface area contributed by atoms with Crippen LogP contribution in [0.5, 0.6) is 0 Å². The third-order valence-corrected chi connectivity index (χ3v) is 9.82. The van der Waals surface area contributed by atoms with Crippen molar-refractivity contribution in [3.05, 3.63) is 111 Å². The van der Waals surface area contributed by atoms with Crippen LogP contribution < -0.4 is 21.0 Å². The van der Waals surface area contributed by atoms with E-state index in [4.69, 9.17) is 0 Å². The Morgan fingerprint density at radius 1 is 0.981 bits per heavy atom. The molecule has 1 fully saturated rings. The molecule has 4 N–H and O–H groups in total. The van der Waals surface area contributed by atoms with Gasteiger partial charge in [0.2, 0.25) is 5.43 Å². The smallest absolute Gasteiger partial charge is 0.341 e. The number of aromatic nitrogens is 1. The maximum Gasteiger partial charge on any atom is 0.341 e. The number of anilines is 2. The summed E-state index contributed by atoms with van der Waals surface area (Å²) >= 11 is 0. The summed E-state index contributed by atoms with van der Waals surface area (Å²) in [6.07, 6.45) is 3.72. The van der Waals surface area contributed by atoms with E-state index in [2.05, 4.69) is 22.5 Å². The summed E-state index contributed by atoms with van der Waals surface area (Å²) in [5.74, 6) is -3.68. The van der Waals surface area contributed by atoms with Gasteiger partial charge in [-0.05, 0) is 87.2 Å². The molecule has 6 rings (SSSR count). The molecule has 1 unspecified atom stereocenters. The molecule has 52 heavy (non-hydrogen) atoms. The van der Waals surface area contributed by atoms with Gasteiger partial charge in [0.1, 0.15) is 28.8 Å². The lowest BCUT2D eigenvalue weighted by Crippen LogP contribution is -2.52. The predicted molar refractivity (Wildman–Crippen MR) is 192 cm³/mol. The van der Waals surface area contributed by atoms with Gasteiger partial charge in [0, 0.05) is 61.6 Å². The average molecular weight is 719 g/mol. The first kappa shape index (κ1) is 36.5. The van der Waals surface area contributed by atoms with Crippen LogP contribution in [0.15, 0.2) is 71.4 Å². The van der Waals surface area contributed by atoms with E-state index in [-0.39, 0.29) is 28.3 Å². The number of fused-ring (bicyclic) bond motifs is 1. The molecule has 11 nitrogen and oxygen atoms in total. The highest BCUT2D eigenvalue weighted by molar-refractivity contribution is 5.94. The molecule has 0 spiro atoms. The standard InChI is InChI=1S/C38H41F3N6O5/c1-4-24-15-26(9-7-22(24)2)42-34-19-35(48)46(38(52)43-34)12-6-5-11-44-13-14-45(20-23(44)3)33-18-32-27(17-30(33)41)36(49)28(37(50)51)21-47(32)31-10-8-25(39)16-29(31)40/h7-10,15-19,21,23,35,42,48H,4-6,11-14,20H2,1-3H3,(H,43,52)(H,50,51)/t23-,35?/m1/s1. The van der Waals surface area contributed by atoms with E-state index in [0.29, 0.717) is 51.0 Å². The quantitative estimate of drug-likeness (QED) is 0.148. The van der Waals surface area contributed by atoms with Crippen LogP contribution in [0.1, 0.15) is 48.2 Å². The Kier molecular flexibility index (Phi) is 10.6.